The Kier molecular flexibility index (Phi) is 4.25. The lowest BCUT2D eigenvalue weighted by molar-refractivity contribution is -0.0241. The molecule has 4 rings (SSSR count). The Morgan fingerprint density at radius 2 is 2.42 bits per heavy atom. The second-order valence-electron chi connectivity index (χ2n) is 6.36. The van der Waals surface area contributed by atoms with E-state index < -0.39 is 0 Å². The number of hydrogen-bond donors (Lipinski definition) is 1. The van der Waals surface area contributed by atoms with Crippen molar-refractivity contribution in [2.24, 2.45) is 0 Å². The van der Waals surface area contributed by atoms with Crippen LogP contribution in [0.5, 0.6) is 0 Å². The van der Waals surface area contributed by atoms with Crippen molar-refractivity contribution in [1.82, 2.24) is 20.0 Å². The molecule has 1 N–H and O–H groups in total. The lowest BCUT2D eigenvalue weighted by Crippen LogP contribution is -2.51. The number of carbonyl (C=O) groups is 1. The van der Waals surface area contributed by atoms with Crippen LogP contribution in [0.25, 0.3) is 0 Å². The number of amides is 2. The highest BCUT2D eigenvalue weighted by molar-refractivity contribution is 5.75. The summed E-state index contributed by atoms with van der Waals surface area (Å²) in [5.41, 5.74) is 1.12. The van der Waals surface area contributed by atoms with Crippen LogP contribution in [0.2, 0.25) is 0 Å². The summed E-state index contributed by atoms with van der Waals surface area (Å²) >= 11 is 0. The van der Waals surface area contributed by atoms with Crippen molar-refractivity contribution in [3.05, 3.63) is 42.1 Å². The number of aromatic nitrogens is 2. The number of nitrogens with zero attached hydrogens (tertiary/aromatic N) is 3. The van der Waals surface area contributed by atoms with Crippen LogP contribution < -0.4 is 5.32 Å². The molecule has 7 nitrogen and oxygen atoms in total. The van der Waals surface area contributed by atoms with Gasteiger partial charge in [-0.1, -0.05) is 0 Å². The molecule has 0 saturated carbocycles. The molecule has 2 aliphatic rings. The fraction of sp³-hybridized carbons (Fsp3) is 0.529. The van der Waals surface area contributed by atoms with Crippen LogP contribution in [0.15, 0.2) is 35.2 Å². The third-order valence-electron chi connectivity index (χ3n) is 4.73. The minimum Gasteiger partial charge on any atom is -0.469 e. The van der Waals surface area contributed by atoms with Crippen molar-refractivity contribution >= 4 is 6.03 Å². The van der Waals surface area contributed by atoms with Gasteiger partial charge in [0, 0.05) is 30.9 Å². The number of rotatable bonds is 3. The maximum atomic E-state index is 12.7. The maximum Gasteiger partial charge on any atom is 0.318 e. The highest BCUT2D eigenvalue weighted by atomic mass is 16.5. The smallest absolute Gasteiger partial charge is 0.318 e. The summed E-state index contributed by atoms with van der Waals surface area (Å²) in [4.78, 5) is 14.5. The maximum absolute atomic E-state index is 12.7. The molecule has 128 valence electrons. The van der Waals surface area contributed by atoms with Gasteiger partial charge in [-0.05, 0) is 25.0 Å². The second-order valence-corrected chi connectivity index (χ2v) is 6.36. The molecule has 0 aromatic carbocycles. The average molecular weight is 330 g/mol. The van der Waals surface area contributed by atoms with Gasteiger partial charge in [-0.3, -0.25) is 4.68 Å². The molecule has 2 amide bonds. The second kappa shape index (κ2) is 6.68. The molecule has 2 unspecified atom stereocenters. The largest absolute Gasteiger partial charge is 0.469 e. The Morgan fingerprint density at radius 1 is 1.46 bits per heavy atom. The van der Waals surface area contributed by atoms with Gasteiger partial charge in [0.1, 0.15) is 5.76 Å². The van der Waals surface area contributed by atoms with E-state index in [1.165, 1.54) is 0 Å². The third-order valence-corrected chi connectivity index (χ3v) is 4.73. The van der Waals surface area contributed by atoms with Gasteiger partial charge < -0.3 is 19.4 Å². The predicted molar refractivity (Wildman–Crippen MR) is 86.5 cm³/mol. The third kappa shape index (κ3) is 3.17. The van der Waals surface area contributed by atoms with Crippen LogP contribution >= 0.6 is 0 Å². The van der Waals surface area contributed by atoms with E-state index in [9.17, 15) is 4.79 Å². The van der Waals surface area contributed by atoms with Gasteiger partial charge in [0.2, 0.25) is 0 Å². The van der Waals surface area contributed by atoms with Crippen LogP contribution in [-0.2, 0) is 17.7 Å². The van der Waals surface area contributed by atoms with Crippen molar-refractivity contribution in [3.8, 4) is 0 Å². The molecule has 24 heavy (non-hydrogen) atoms. The number of ether oxygens (including phenoxy) is 1. The quantitative estimate of drug-likeness (QED) is 0.934. The molecule has 0 spiro atoms. The minimum absolute atomic E-state index is 0.0252. The molecule has 2 aromatic rings. The van der Waals surface area contributed by atoms with Gasteiger partial charge in [0.25, 0.3) is 0 Å². The number of urea groups is 1. The Balaban J connectivity index is 1.36. The highest BCUT2D eigenvalue weighted by Crippen LogP contribution is 2.30. The van der Waals surface area contributed by atoms with Gasteiger partial charge in [-0.2, -0.15) is 5.10 Å². The number of aryl methyl sites for hydroxylation is 1. The Labute approximate surface area is 140 Å². The van der Waals surface area contributed by atoms with Crippen molar-refractivity contribution < 1.29 is 13.9 Å². The lowest BCUT2D eigenvalue weighted by atomic mass is 9.93. The van der Waals surface area contributed by atoms with Gasteiger partial charge in [0.15, 0.2) is 0 Å². The van der Waals surface area contributed by atoms with E-state index in [-0.39, 0.29) is 18.2 Å². The minimum atomic E-state index is -0.0276. The van der Waals surface area contributed by atoms with E-state index >= 15 is 0 Å². The first-order valence-corrected chi connectivity index (χ1v) is 8.50. The Morgan fingerprint density at radius 3 is 3.29 bits per heavy atom. The number of carbonyl (C=O) groups excluding carboxylic acids is 1. The Bertz CT molecular complexity index is 682. The summed E-state index contributed by atoms with van der Waals surface area (Å²) in [6.07, 6.45) is 8.29. The van der Waals surface area contributed by atoms with Crippen LogP contribution in [0.1, 0.15) is 30.2 Å². The van der Waals surface area contributed by atoms with Crippen LogP contribution in [0.4, 0.5) is 4.79 Å². The molecule has 1 aliphatic heterocycles. The standard InChI is InChI=1S/C17H22N4O3/c22-17(19-15-3-1-4-16-14(15)5-9-24-16)20-8-10-23-13(11-20)12-21-7-2-6-18-21/h2,5-7,9,13,15H,1,3-4,8,10-12H2,(H,19,22). The molecule has 7 heteroatoms. The summed E-state index contributed by atoms with van der Waals surface area (Å²) in [7, 11) is 0. The first-order valence-electron chi connectivity index (χ1n) is 8.50. The van der Waals surface area contributed by atoms with Crippen LogP contribution in [-0.4, -0.2) is 46.5 Å². The summed E-state index contributed by atoms with van der Waals surface area (Å²) < 4.78 is 13.1. The predicted octanol–water partition coefficient (Wildman–Crippen LogP) is 1.96. The summed E-state index contributed by atoms with van der Waals surface area (Å²) in [6, 6.07) is 3.88. The van der Waals surface area contributed by atoms with Gasteiger partial charge in [-0.15, -0.1) is 0 Å². The SMILES string of the molecule is O=C(NC1CCCc2occc21)N1CCOC(Cn2cccn2)C1. The molecule has 1 fully saturated rings. The van der Waals surface area contributed by atoms with Gasteiger partial charge in [0.05, 0.1) is 38.1 Å². The molecular weight excluding hydrogens is 308 g/mol. The zero-order valence-corrected chi connectivity index (χ0v) is 13.6. The zero-order chi connectivity index (χ0) is 16.4. The van der Waals surface area contributed by atoms with E-state index in [1.807, 2.05) is 27.9 Å². The normalized spacial score (nSPS) is 23.8. The zero-order valence-electron chi connectivity index (χ0n) is 13.6. The van der Waals surface area contributed by atoms with Crippen molar-refractivity contribution in [3.63, 3.8) is 0 Å². The summed E-state index contributed by atoms with van der Waals surface area (Å²) in [5, 5.41) is 7.36. The summed E-state index contributed by atoms with van der Waals surface area (Å²) in [6.45, 7) is 2.41. The average Bonchev–Trinajstić information content (AvgIpc) is 3.27. The van der Waals surface area contributed by atoms with Crippen LogP contribution in [0, 0.1) is 0 Å². The number of fused-ring (bicyclic) bond motifs is 1. The molecule has 0 bridgehead atoms. The number of furan rings is 1. The molecule has 1 saturated heterocycles. The fourth-order valence-corrected chi connectivity index (χ4v) is 3.51. The van der Waals surface area contributed by atoms with Crippen molar-refractivity contribution in [2.75, 3.05) is 19.7 Å². The molecule has 1 aliphatic carbocycles. The number of morpholine rings is 1. The summed E-state index contributed by atoms with van der Waals surface area (Å²) in [5.74, 6) is 1.00. The van der Waals surface area contributed by atoms with E-state index in [0.717, 1.165) is 30.6 Å². The first-order chi connectivity index (χ1) is 11.8. The lowest BCUT2D eigenvalue weighted by Gasteiger charge is -2.34. The Hall–Kier alpha value is -2.28. The van der Waals surface area contributed by atoms with E-state index in [0.29, 0.717) is 26.2 Å². The van der Waals surface area contributed by atoms with Crippen molar-refractivity contribution in [1.29, 1.82) is 0 Å². The van der Waals surface area contributed by atoms with E-state index in [1.54, 1.807) is 12.5 Å². The van der Waals surface area contributed by atoms with Crippen molar-refractivity contribution in [2.45, 2.75) is 38.0 Å². The van der Waals surface area contributed by atoms with E-state index in [4.69, 9.17) is 9.15 Å². The molecule has 2 aromatic heterocycles. The highest BCUT2D eigenvalue weighted by Gasteiger charge is 2.29. The van der Waals surface area contributed by atoms with Gasteiger partial charge in [-0.25, -0.2) is 4.79 Å². The molecule has 3 heterocycles. The molecule has 2 atom stereocenters. The van der Waals surface area contributed by atoms with E-state index in [2.05, 4.69) is 10.4 Å². The van der Waals surface area contributed by atoms with Crippen LogP contribution in [0.3, 0.4) is 0 Å². The topological polar surface area (TPSA) is 72.5 Å². The molecule has 0 radical (unpaired) electrons. The van der Waals surface area contributed by atoms with Gasteiger partial charge >= 0.3 is 6.03 Å². The number of nitrogens with one attached hydrogen (secondary N) is 1. The molecular formula is C17H22N4O3. The number of hydrogen-bond acceptors (Lipinski definition) is 4. The first kappa shape index (κ1) is 15.3. The monoisotopic (exact) mass is 330 g/mol. The fourth-order valence-electron chi connectivity index (χ4n) is 3.51.